The number of nitrogens with zero attached hydrogens (tertiary/aromatic N) is 1. The first kappa shape index (κ1) is 16.6. The highest BCUT2D eigenvalue weighted by atomic mass is 32.1. The molecule has 2 aromatic rings. The molecule has 0 amide bonds. The third-order valence-electron chi connectivity index (χ3n) is 5.23. The van der Waals surface area contributed by atoms with E-state index in [2.05, 4.69) is 23.2 Å². The molecule has 0 saturated carbocycles. The van der Waals surface area contributed by atoms with Crippen LogP contribution in [0, 0.1) is 12.8 Å². The molecule has 1 unspecified atom stereocenters. The van der Waals surface area contributed by atoms with Gasteiger partial charge in [-0.05, 0) is 63.0 Å². The first-order valence-electron chi connectivity index (χ1n) is 9.00. The van der Waals surface area contributed by atoms with Gasteiger partial charge < -0.3 is 10.1 Å². The number of nitrogens with one attached hydrogen (secondary N) is 1. The number of hydrogen-bond acceptors (Lipinski definition) is 5. The zero-order chi connectivity index (χ0) is 17.2. The van der Waals surface area contributed by atoms with E-state index in [-0.39, 0.29) is 12.1 Å². The molecular formula is C20H24N2O2S. The van der Waals surface area contributed by atoms with Crippen molar-refractivity contribution in [1.82, 2.24) is 4.90 Å². The summed E-state index contributed by atoms with van der Waals surface area (Å²) >= 11 is 1.65. The molecule has 132 valence electrons. The van der Waals surface area contributed by atoms with Crippen LogP contribution in [0.4, 0.5) is 5.69 Å². The lowest BCUT2D eigenvalue weighted by Gasteiger charge is -2.44. The summed E-state index contributed by atoms with van der Waals surface area (Å²) in [6, 6.07) is 13.5. The molecule has 3 fully saturated rings. The fourth-order valence-corrected chi connectivity index (χ4v) is 4.73. The van der Waals surface area contributed by atoms with Gasteiger partial charge in [-0.1, -0.05) is 18.2 Å². The molecule has 2 bridgehead atoms. The highest BCUT2D eigenvalue weighted by Crippen LogP contribution is 2.32. The lowest BCUT2D eigenvalue weighted by molar-refractivity contribution is -0.159. The lowest BCUT2D eigenvalue weighted by Crippen LogP contribution is -2.52. The number of aryl methyl sites for hydroxylation is 1. The highest BCUT2D eigenvalue weighted by Gasteiger charge is 2.38. The maximum atomic E-state index is 13.0. The normalized spacial score (nSPS) is 26.2. The van der Waals surface area contributed by atoms with Gasteiger partial charge in [0.15, 0.2) is 6.04 Å². The van der Waals surface area contributed by atoms with E-state index < -0.39 is 6.04 Å². The minimum atomic E-state index is -0.448. The van der Waals surface area contributed by atoms with Crippen LogP contribution in [0.15, 0.2) is 42.5 Å². The largest absolute Gasteiger partial charge is 0.459 e. The number of hydrogen-bond donors (Lipinski definition) is 1. The Balaban J connectivity index is 1.51. The van der Waals surface area contributed by atoms with Crippen LogP contribution >= 0.6 is 11.3 Å². The van der Waals surface area contributed by atoms with Crippen molar-refractivity contribution in [2.24, 2.45) is 5.92 Å². The second kappa shape index (κ2) is 7.18. The average molecular weight is 356 g/mol. The Hall–Kier alpha value is -1.85. The summed E-state index contributed by atoms with van der Waals surface area (Å²) in [7, 11) is 0. The van der Waals surface area contributed by atoms with Crippen LogP contribution < -0.4 is 5.32 Å². The number of carbonyl (C=O) groups excluding carboxylic acids is 1. The van der Waals surface area contributed by atoms with Crippen LogP contribution in [0.5, 0.6) is 0 Å². The Labute approximate surface area is 152 Å². The van der Waals surface area contributed by atoms with Crippen LogP contribution in [0.2, 0.25) is 0 Å². The van der Waals surface area contributed by atoms with Gasteiger partial charge in [-0.2, -0.15) is 0 Å². The SMILES string of the molecule is Cc1ccc(C(Nc2ccccc2)C(=O)O[C@H]2CN3CCC2CC3)s1. The van der Waals surface area contributed by atoms with Crippen molar-refractivity contribution < 1.29 is 9.53 Å². The minimum absolute atomic E-state index is 0.0381. The number of anilines is 1. The number of ether oxygens (including phenoxy) is 1. The molecule has 3 aliphatic heterocycles. The molecule has 1 aromatic heterocycles. The van der Waals surface area contributed by atoms with Crippen LogP contribution in [-0.2, 0) is 9.53 Å². The average Bonchev–Trinajstić information content (AvgIpc) is 3.07. The molecule has 4 nitrogen and oxygen atoms in total. The topological polar surface area (TPSA) is 41.6 Å². The summed E-state index contributed by atoms with van der Waals surface area (Å²) in [5, 5.41) is 3.36. The number of fused-ring (bicyclic) bond motifs is 3. The molecule has 0 spiro atoms. The molecule has 25 heavy (non-hydrogen) atoms. The van der Waals surface area contributed by atoms with E-state index >= 15 is 0 Å². The van der Waals surface area contributed by atoms with Gasteiger partial charge in [0.1, 0.15) is 6.10 Å². The van der Waals surface area contributed by atoms with E-state index in [0.29, 0.717) is 5.92 Å². The Kier molecular flexibility index (Phi) is 4.77. The van der Waals surface area contributed by atoms with E-state index in [4.69, 9.17) is 4.74 Å². The van der Waals surface area contributed by atoms with Crippen molar-refractivity contribution in [3.05, 3.63) is 52.2 Å². The molecule has 2 atom stereocenters. The summed E-state index contributed by atoms with van der Waals surface area (Å²) < 4.78 is 5.99. The molecule has 0 radical (unpaired) electrons. The second-order valence-corrected chi connectivity index (χ2v) is 8.32. The summed E-state index contributed by atoms with van der Waals surface area (Å²) in [5.74, 6) is 0.362. The van der Waals surface area contributed by atoms with Gasteiger partial charge in [0.05, 0.1) is 0 Å². The van der Waals surface area contributed by atoms with Crippen molar-refractivity contribution >= 4 is 23.0 Å². The molecule has 1 aromatic carbocycles. The molecule has 3 aliphatic rings. The van der Waals surface area contributed by atoms with Crippen LogP contribution in [-0.4, -0.2) is 36.6 Å². The highest BCUT2D eigenvalue weighted by molar-refractivity contribution is 7.12. The molecule has 1 N–H and O–H groups in total. The number of thiophene rings is 1. The maximum absolute atomic E-state index is 13.0. The van der Waals surface area contributed by atoms with Crippen LogP contribution in [0.3, 0.4) is 0 Å². The number of rotatable bonds is 5. The first-order valence-corrected chi connectivity index (χ1v) is 9.81. The van der Waals surface area contributed by atoms with Gasteiger partial charge in [0.25, 0.3) is 0 Å². The van der Waals surface area contributed by atoms with E-state index in [9.17, 15) is 4.79 Å². The third-order valence-corrected chi connectivity index (χ3v) is 6.30. The maximum Gasteiger partial charge on any atom is 0.334 e. The summed E-state index contributed by atoms with van der Waals surface area (Å²) in [6.07, 6.45) is 2.33. The van der Waals surface area contributed by atoms with Gasteiger partial charge in [-0.25, -0.2) is 4.79 Å². The summed E-state index contributed by atoms with van der Waals surface area (Å²) in [6.45, 7) is 5.24. The van der Waals surface area contributed by atoms with E-state index in [1.165, 1.54) is 4.88 Å². The zero-order valence-corrected chi connectivity index (χ0v) is 15.3. The van der Waals surface area contributed by atoms with E-state index in [1.807, 2.05) is 36.4 Å². The van der Waals surface area contributed by atoms with E-state index in [0.717, 1.165) is 43.0 Å². The first-order chi connectivity index (χ1) is 12.2. The number of piperidine rings is 3. The van der Waals surface area contributed by atoms with Gasteiger partial charge >= 0.3 is 5.97 Å². The zero-order valence-electron chi connectivity index (χ0n) is 14.5. The standard InChI is InChI=1S/C20H24N2O2S/c1-14-7-8-18(25-14)19(21-16-5-3-2-4-6-16)20(23)24-17-13-22-11-9-15(17)10-12-22/h2-8,15,17,19,21H,9-13H2,1H3/t17-,19?/m0/s1. The molecule has 5 heteroatoms. The molecule has 3 saturated heterocycles. The Morgan fingerprint density at radius 1 is 1.20 bits per heavy atom. The number of esters is 1. The third kappa shape index (κ3) is 3.72. The molecular weight excluding hydrogens is 332 g/mol. The predicted octanol–water partition coefficient (Wildman–Crippen LogP) is 3.85. The fraction of sp³-hybridized carbons (Fsp3) is 0.450. The number of para-hydroxylation sites is 1. The molecule has 0 aliphatic carbocycles. The van der Waals surface area contributed by atoms with Gasteiger partial charge in [-0.15, -0.1) is 11.3 Å². The van der Waals surface area contributed by atoms with Gasteiger partial charge in [0.2, 0.25) is 0 Å². The lowest BCUT2D eigenvalue weighted by atomic mass is 9.86. The van der Waals surface area contributed by atoms with Crippen molar-refractivity contribution in [1.29, 1.82) is 0 Å². The van der Waals surface area contributed by atoms with Gasteiger partial charge in [0, 0.05) is 22.0 Å². The number of carbonyl (C=O) groups is 1. The summed E-state index contributed by atoms with van der Waals surface area (Å²) in [5.41, 5.74) is 0.935. The Bertz CT molecular complexity index is 722. The van der Waals surface area contributed by atoms with Crippen LogP contribution in [0.25, 0.3) is 0 Å². The smallest absolute Gasteiger partial charge is 0.334 e. The monoisotopic (exact) mass is 356 g/mol. The fourth-order valence-electron chi connectivity index (χ4n) is 3.82. The quantitative estimate of drug-likeness (QED) is 0.827. The van der Waals surface area contributed by atoms with E-state index in [1.54, 1.807) is 11.3 Å². The van der Waals surface area contributed by atoms with Crippen LogP contribution in [0.1, 0.15) is 28.6 Å². The van der Waals surface area contributed by atoms with Crippen molar-refractivity contribution in [2.45, 2.75) is 31.9 Å². The molecule has 5 rings (SSSR count). The number of benzene rings is 1. The Morgan fingerprint density at radius 2 is 1.96 bits per heavy atom. The van der Waals surface area contributed by atoms with Crippen molar-refractivity contribution in [3.63, 3.8) is 0 Å². The second-order valence-electron chi connectivity index (χ2n) is 7.01. The van der Waals surface area contributed by atoms with Crippen molar-refractivity contribution in [3.8, 4) is 0 Å². The van der Waals surface area contributed by atoms with Gasteiger partial charge in [-0.3, -0.25) is 4.90 Å². The van der Waals surface area contributed by atoms with Crippen molar-refractivity contribution in [2.75, 3.05) is 25.0 Å². The predicted molar refractivity (Wildman–Crippen MR) is 101 cm³/mol. The minimum Gasteiger partial charge on any atom is -0.459 e. The Morgan fingerprint density at radius 3 is 2.56 bits per heavy atom. The molecule has 4 heterocycles. The summed E-state index contributed by atoms with van der Waals surface area (Å²) in [4.78, 5) is 17.6.